The molecule has 0 atom stereocenters. The van der Waals surface area contributed by atoms with Gasteiger partial charge in [-0.2, -0.15) is 0 Å². The van der Waals surface area contributed by atoms with Crippen molar-refractivity contribution < 1.29 is 19.6 Å². The van der Waals surface area contributed by atoms with Gasteiger partial charge in [0.1, 0.15) is 11.5 Å². The molecule has 4 rings (SSSR count). The number of phenols is 1. The number of nitrogens with zero attached hydrogens (tertiary/aromatic N) is 1. The normalized spacial score (nSPS) is 10.5. The van der Waals surface area contributed by atoms with Crippen molar-refractivity contribution in [2.75, 3.05) is 7.11 Å². The average molecular weight is 425 g/mol. The van der Waals surface area contributed by atoms with Crippen LogP contribution in [0.4, 0.5) is 5.69 Å². The summed E-state index contributed by atoms with van der Waals surface area (Å²) in [6.07, 6.45) is 0. The maximum absolute atomic E-state index is 13.5. The second kappa shape index (κ2) is 8.73. The third-order valence-corrected chi connectivity index (χ3v) is 5.19. The lowest BCUT2D eigenvalue weighted by atomic mass is 9.87. The molecule has 1 N–H and O–H groups in total. The number of phenolic OH excluding ortho intramolecular Hbond substituents is 1. The van der Waals surface area contributed by atoms with Crippen molar-refractivity contribution in [1.29, 1.82) is 0 Å². The molecule has 6 heteroatoms. The molecule has 32 heavy (non-hydrogen) atoms. The van der Waals surface area contributed by atoms with Gasteiger partial charge in [-0.25, -0.2) is 0 Å². The molecule has 0 aliphatic heterocycles. The van der Waals surface area contributed by atoms with Gasteiger partial charge in [0.15, 0.2) is 5.78 Å². The van der Waals surface area contributed by atoms with E-state index in [1.807, 2.05) is 0 Å². The summed E-state index contributed by atoms with van der Waals surface area (Å²) < 4.78 is 5.14. The molecule has 0 fully saturated rings. The Balaban J connectivity index is 2.04. The van der Waals surface area contributed by atoms with Gasteiger partial charge in [0.25, 0.3) is 5.69 Å². The Kier molecular flexibility index (Phi) is 5.68. The number of ether oxygens (including phenoxy) is 1. The largest absolute Gasteiger partial charge is 0.507 e. The second-order valence-electron chi connectivity index (χ2n) is 7.09. The van der Waals surface area contributed by atoms with Gasteiger partial charge in [0.05, 0.1) is 28.7 Å². The molecule has 0 heterocycles. The summed E-state index contributed by atoms with van der Waals surface area (Å²) in [5, 5.41) is 23.3. The van der Waals surface area contributed by atoms with Gasteiger partial charge >= 0.3 is 0 Å². The molecule has 0 unspecified atom stereocenters. The number of carbonyl (C=O) groups excluding carboxylic acids is 1. The molecule has 0 aromatic heterocycles. The molecule has 0 bridgehead atoms. The topological polar surface area (TPSA) is 89.7 Å². The van der Waals surface area contributed by atoms with Crippen molar-refractivity contribution in [1.82, 2.24) is 0 Å². The number of nitro groups is 1. The van der Waals surface area contributed by atoms with E-state index in [0.717, 1.165) is 0 Å². The van der Waals surface area contributed by atoms with Gasteiger partial charge in [-0.3, -0.25) is 14.9 Å². The van der Waals surface area contributed by atoms with Gasteiger partial charge in [0.2, 0.25) is 0 Å². The molecular weight excluding hydrogens is 406 g/mol. The van der Waals surface area contributed by atoms with Crippen LogP contribution in [0.3, 0.4) is 0 Å². The lowest BCUT2D eigenvalue weighted by Crippen LogP contribution is -2.08. The number of ketones is 1. The highest BCUT2D eigenvalue weighted by atomic mass is 16.6. The zero-order chi connectivity index (χ0) is 22.7. The summed E-state index contributed by atoms with van der Waals surface area (Å²) in [5.41, 5.74) is 1.26. The maximum atomic E-state index is 13.5. The summed E-state index contributed by atoms with van der Waals surface area (Å²) in [6, 6.07) is 25.0. The number of nitro benzene ring substituents is 1. The highest BCUT2D eigenvalue weighted by molar-refractivity contribution is 6.17. The predicted octanol–water partition coefficient (Wildman–Crippen LogP) is 5.87. The molecule has 4 aromatic rings. The Bertz CT molecular complexity index is 1280. The van der Waals surface area contributed by atoms with E-state index in [4.69, 9.17) is 4.74 Å². The van der Waals surface area contributed by atoms with E-state index in [0.29, 0.717) is 16.9 Å². The summed E-state index contributed by atoms with van der Waals surface area (Å²) >= 11 is 0. The Morgan fingerprint density at radius 3 is 1.97 bits per heavy atom. The summed E-state index contributed by atoms with van der Waals surface area (Å²) in [7, 11) is 1.52. The molecule has 0 aliphatic carbocycles. The van der Waals surface area contributed by atoms with E-state index < -0.39 is 10.7 Å². The predicted molar refractivity (Wildman–Crippen MR) is 122 cm³/mol. The van der Waals surface area contributed by atoms with Crippen molar-refractivity contribution in [3.63, 3.8) is 0 Å². The zero-order valence-electron chi connectivity index (χ0n) is 17.2. The van der Waals surface area contributed by atoms with Crippen LogP contribution in [0.5, 0.6) is 11.5 Å². The Morgan fingerprint density at radius 1 is 0.875 bits per heavy atom. The second-order valence-corrected chi connectivity index (χ2v) is 7.09. The number of hydrogen-bond donors (Lipinski definition) is 1. The standard InChI is InChI=1S/C26H19NO5/c1-32-20-14-12-19(13-15-20)26(29)24-22(28)16-21(17-8-4-2-5-9-17)25(27(30)31)23(24)18-10-6-3-7-11-18/h2-16,28H,1H3. The van der Waals surface area contributed by atoms with E-state index >= 15 is 0 Å². The third kappa shape index (κ3) is 3.81. The average Bonchev–Trinajstić information content (AvgIpc) is 2.84. The van der Waals surface area contributed by atoms with E-state index in [-0.39, 0.29) is 33.7 Å². The number of carbonyl (C=O) groups is 1. The van der Waals surface area contributed by atoms with Crippen LogP contribution in [0.15, 0.2) is 91.0 Å². The van der Waals surface area contributed by atoms with Crippen LogP contribution in [0.2, 0.25) is 0 Å². The van der Waals surface area contributed by atoms with Crippen molar-refractivity contribution in [2.45, 2.75) is 0 Å². The maximum Gasteiger partial charge on any atom is 0.285 e. The van der Waals surface area contributed by atoms with E-state index in [1.54, 1.807) is 84.9 Å². The lowest BCUT2D eigenvalue weighted by molar-refractivity contribution is -0.383. The zero-order valence-corrected chi connectivity index (χ0v) is 17.2. The van der Waals surface area contributed by atoms with Gasteiger partial charge < -0.3 is 9.84 Å². The molecule has 0 radical (unpaired) electrons. The first-order chi connectivity index (χ1) is 15.5. The van der Waals surface area contributed by atoms with E-state index in [9.17, 15) is 20.0 Å². The molecule has 4 aromatic carbocycles. The number of hydrogen-bond acceptors (Lipinski definition) is 5. The summed E-state index contributed by atoms with van der Waals surface area (Å²) in [6.45, 7) is 0. The minimum Gasteiger partial charge on any atom is -0.507 e. The minimum absolute atomic E-state index is 0.0790. The fourth-order valence-corrected chi connectivity index (χ4v) is 3.69. The first-order valence-corrected chi connectivity index (χ1v) is 9.85. The van der Waals surface area contributed by atoms with Crippen LogP contribution in [-0.4, -0.2) is 22.9 Å². The molecule has 0 amide bonds. The first-order valence-electron chi connectivity index (χ1n) is 9.85. The van der Waals surface area contributed by atoms with Gasteiger partial charge in [-0.05, 0) is 41.5 Å². The molecule has 6 nitrogen and oxygen atoms in total. The van der Waals surface area contributed by atoms with Crippen LogP contribution in [0, 0.1) is 10.1 Å². The Hall–Kier alpha value is -4.45. The van der Waals surface area contributed by atoms with Crippen LogP contribution in [-0.2, 0) is 0 Å². The van der Waals surface area contributed by atoms with E-state index in [2.05, 4.69) is 0 Å². The number of aromatic hydroxyl groups is 1. The molecule has 158 valence electrons. The number of methoxy groups -OCH3 is 1. The minimum atomic E-state index is -0.522. The van der Waals surface area contributed by atoms with Gasteiger partial charge in [-0.15, -0.1) is 0 Å². The molecule has 0 saturated carbocycles. The molecular formula is C26H19NO5. The van der Waals surface area contributed by atoms with Crippen molar-refractivity contribution in [3.8, 4) is 33.8 Å². The van der Waals surface area contributed by atoms with Crippen molar-refractivity contribution in [2.24, 2.45) is 0 Å². The highest BCUT2D eigenvalue weighted by Gasteiger charge is 2.31. The molecule has 0 saturated heterocycles. The van der Waals surface area contributed by atoms with Crippen LogP contribution in [0.25, 0.3) is 22.3 Å². The van der Waals surface area contributed by atoms with Gasteiger partial charge in [-0.1, -0.05) is 60.7 Å². The van der Waals surface area contributed by atoms with E-state index in [1.165, 1.54) is 13.2 Å². The Labute approximate surface area is 184 Å². The summed E-state index contributed by atoms with van der Waals surface area (Å²) in [5.74, 6) is -0.277. The van der Waals surface area contributed by atoms with Crippen LogP contribution in [0.1, 0.15) is 15.9 Å². The van der Waals surface area contributed by atoms with Crippen molar-refractivity contribution >= 4 is 11.5 Å². The van der Waals surface area contributed by atoms with Gasteiger partial charge in [0, 0.05) is 5.56 Å². The number of rotatable bonds is 6. The number of benzene rings is 4. The Morgan fingerprint density at radius 2 is 1.44 bits per heavy atom. The lowest BCUT2D eigenvalue weighted by Gasteiger charge is -2.15. The monoisotopic (exact) mass is 425 g/mol. The fraction of sp³-hybridized carbons (Fsp3) is 0.0385. The third-order valence-electron chi connectivity index (χ3n) is 5.19. The fourth-order valence-electron chi connectivity index (χ4n) is 3.69. The van der Waals surface area contributed by atoms with Crippen LogP contribution >= 0.6 is 0 Å². The molecule has 0 spiro atoms. The first kappa shape index (κ1) is 20.8. The summed E-state index contributed by atoms with van der Waals surface area (Å²) in [4.78, 5) is 25.2. The molecule has 0 aliphatic rings. The van der Waals surface area contributed by atoms with Crippen LogP contribution < -0.4 is 4.74 Å². The SMILES string of the molecule is COc1ccc(C(=O)c2c(O)cc(-c3ccccc3)c([N+](=O)[O-])c2-c2ccccc2)cc1. The quantitative estimate of drug-likeness (QED) is 0.237. The highest BCUT2D eigenvalue weighted by Crippen LogP contribution is 2.45. The smallest absolute Gasteiger partial charge is 0.285 e. The van der Waals surface area contributed by atoms with Crippen molar-refractivity contribution in [3.05, 3.63) is 112 Å².